The van der Waals surface area contributed by atoms with E-state index < -0.39 is 16.0 Å². The molecule has 0 unspecified atom stereocenters. The van der Waals surface area contributed by atoms with E-state index in [0.29, 0.717) is 50.1 Å². The van der Waals surface area contributed by atoms with Crippen LogP contribution in [0.3, 0.4) is 0 Å². The van der Waals surface area contributed by atoms with Gasteiger partial charge in [-0.05, 0) is 60.7 Å². The number of anilines is 1. The van der Waals surface area contributed by atoms with Crippen LogP contribution in [0, 0.1) is 0 Å². The van der Waals surface area contributed by atoms with Crippen LogP contribution in [0.15, 0.2) is 83.8 Å². The number of nitrogens with one attached hydrogen (secondary N) is 1. The van der Waals surface area contributed by atoms with Gasteiger partial charge in [0, 0.05) is 24.9 Å². The number of aryl methyl sites for hydroxylation is 2. The Morgan fingerprint density at radius 2 is 1.57 bits per heavy atom. The molecule has 0 heterocycles. The van der Waals surface area contributed by atoms with Crippen molar-refractivity contribution in [3.05, 3.63) is 90.0 Å². The third kappa shape index (κ3) is 8.57. The number of carbonyl (C=O) groups is 2. The lowest BCUT2D eigenvalue weighted by molar-refractivity contribution is -0.137. The van der Waals surface area contributed by atoms with Crippen LogP contribution >= 0.6 is 0 Å². The van der Waals surface area contributed by atoms with Crippen molar-refractivity contribution >= 4 is 27.5 Å². The number of carboxylic acid groups (broad SMARTS) is 1. The predicted molar refractivity (Wildman–Crippen MR) is 134 cm³/mol. The van der Waals surface area contributed by atoms with Crippen LogP contribution in [0.25, 0.3) is 0 Å². The fourth-order valence-electron chi connectivity index (χ4n) is 3.56. The van der Waals surface area contributed by atoms with Crippen molar-refractivity contribution in [2.24, 2.45) is 0 Å². The minimum atomic E-state index is -3.67. The zero-order valence-corrected chi connectivity index (χ0v) is 20.2. The van der Waals surface area contributed by atoms with Crippen LogP contribution in [0.4, 0.5) is 5.69 Å². The van der Waals surface area contributed by atoms with Crippen molar-refractivity contribution in [3.63, 3.8) is 0 Å². The van der Waals surface area contributed by atoms with E-state index >= 15 is 0 Å². The van der Waals surface area contributed by atoms with Crippen molar-refractivity contribution in [2.75, 3.05) is 11.3 Å². The monoisotopic (exact) mass is 495 g/mol. The number of sulfonamides is 1. The number of rotatable bonds is 14. The van der Waals surface area contributed by atoms with Gasteiger partial charge in [0.15, 0.2) is 0 Å². The molecule has 184 valence electrons. The first-order valence-electron chi connectivity index (χ1n) is 11.4. The third-order valence-corrected chi connectivity index (χ3v) is 6.76. The average molecular weight is 496 g/mol. The van der Waals surface area contributed by atoms with Gasteiger partial charge in [-0.25, -0.2) is 8.42 Å². The lowest BCUT2D eigenvalue weighted by atomic mass is 10.0. The molecule has 0 spiro atoms. The van der Waals surface area contributed by atoms with Gasteiger partial charge in [-0.1, -0.05) is 48.5 Å². The summed E-state index contributed by atoms with van der Waals surface area (Å²) in [6.07, 6.45) is 2.22. The average Bonchev–Trinajstić information content (AvgIpc) is 2.85. The van der Waals surface area contributed by atoms with Gasteiger partial charge in [0.1, 0.15) is 11.5 Å². The Hall–Kier alpha value is -3.65. The normalized spacial score (nSPS) is 11.1. The fourth-order valence-corrected chi connectivity index (χ4v) is 4.63. The molecule has 8 heteroatoms. The number of hydrogen-bond donors (Lipinski definition) is 2. The van der Waals surface area contributed by atoms with Gasteiger partial charge in [0.05, 0.1) is 11.5 Å². The molecule has 3 aromatic rings. The predicted octanol–water partition coefficient (Wildman–Crippen LogP) is 4.87. The second-order valence-electron chi connectivity index (χ2n) is 8.11. The van der Waals surface area contributed by atoms with E-state index in [-0.39, 0.29) is 17.1 Å². The Bertz CT molecular complexity index is 1240. The number of carbonyl (C=O) groups excluding carboxylic acids is 1. The zero-order chi connectivity index (χ0) is 25.1. The van der Waals surface area contributed by atoms with Gasteiger partial charge >= 0.3 is 5.97 Å². The van der Waals surface area contributed by atoms with E-state index in [9.17, 15) is 18.0 Å². The van der Waals surface area contributed by atoms with Gasteiger partial charge in [-0.15, -0.1) is 0 Å². The van der Waals surface area contributed by atoms with E-state index in [1.165, 1.54) is 12.1 Å². The largest absolute Gasteiger partial charge is 0.493 e. The summed E-state index contributed by atoms with van der Waals surface area (Å²) in [7, 11) is -3.67. The second-order valence-corrected chi connectivity index (χ2v) is 9.79. The molecular formula is C27H29NO6S. The molecule has 0 aliphatic rings. The molecule has 0 bridgehead atoms. The maximum atomic E-state index is 12.5. The quantitative estimate of drug-likeness (QED) is 0.309. The summed E-state index contributed by atoms with van der Waals surface area (Å²) in [5.74, 6) is -0.108. The van der Waals surface area contributed by atoms with Gasteiger partial charge in [-0.3, -0.25) is 14.3 Å². The summed E-state index contributed by atoms with van der Waals surface area (Å²) in [6.45, 7) is 0.368. The van der Waals surface area contributed by atoms with Crippen LogP contribution in [-0.2, 0) is 32.5 Å². The van der Waals surface area contributed by atoms with Crippen molar-refractivity contribution in [3.8, 4) is 5.75 Å². The Labute approximate surface area is 205 Å². The van der Waals surface area contributed by atoms with Crippen molar-refractivity contribution in [2.45, 2.75) is 43.4 Å². The minimum absolute atomic E-state index is 0.0355. The molecule has 3 aromatic carbocycles. The van der Waals surface area contributed by atoms with Gasteiger partial charge in [0.2, 0.25) is 0 Å². The molecule has 0 aromatic heterocycles. The first kappa shape index (κ1) is 26.0. The summed E-state index contributed by atoms with van der Waals surface area (Å²) in [6, 6.07) is 22.5. The number of hydrogen-bond acceptors (Lipinski definition) is 5. The van der Waals surface area contributed by atoms with E-state index in [0.717, 1.165) is 11.1 Å². The molecule has 0 saturated carbocycles. The number of para-hydroxylation sites is 1. The third-order valence-electron chi connectivity index (χ3n) is 5.36. The number of ketones is 1. The van der Waals surface area contributed by atoms with Gasteiger partial charge in [-0.2, -0.15) is 0 Å². The Balaban J connectivity index is 1.43. The lowest BCUT2D eigenvalue weighted by Gasteiger charge is -2.11. The molecule has 2 N–H and O–H groups in total. The highest BCUT2D eigenvalue weighted by Crippen LogP contribution is 2.21. The van der Waals surface area contributed by atoms with Gasteiger partial charge in [0.25, 0.3) is 10.0 Å². The van der Waals surface area contributed by atoms with Crippen molar-refractivity contribution in [1.29, 1.82) is 0 Å². The number of aliphatic carboxylic acids is 1. The molecule has 0 saturated heterocycles. The van der Waals surface area contributed by atoms with Crippen molar-refractivity contribution in [1.82, 2.24) is 0 Å². The summed E-state index contributed by atoms with van der Waals surface area (Å²) >= 11 is 0. The molecule has 0 aliphatic heterocycles. The highest BCUT2D eigenvalue weighted by atomic mass is 32.2. The molecule has 7 nitrogen and oxygen atoms in total. The molecule has 0 amide bonds. The Kier molecular flexibility index (Phi) is 9.43. The number of carboxylic acids is 1. The first-order chi connectivity index (χ1) is 16.8. The van der Waals surface area contributed by atoms with Crippen LogP contribution in [0.2, 0.25) is 0 Å². The molecular weight excluding hydrogens is 466 g/mol. The Morgan fingerprint density at radius 3 is 2.34 bits per heavy atom. The van der Waals surface area contributed by atoms with Gasteiger partial charge < -0.3 is 9.84 Å². The van der Waals surface area contributed by atoms with Crippen LogP contribution in [0.1, 0.15) is 36.8 Å². The zero-order valence-electron chi connectivity index (χ0n) is 19.4. The van der Waals surface area contributed by atoms with E-state index in [4.69, 9.17) is 9.84 Å². The molecule has 0 radical (unpaired) electrons. The Morgan fingerprint density at radius 1 is 0.829 bits per heavy atom. The van der Waals surface area contributed by atoms with Crippen LogP contribution in [0.5, 0.6) is 5.75 Å². The smallest absolute Gasteiger partial charge is 0.303 e. The first-order valence-corrected chi connectivity index (χ1v) is 12.9. The molecule has 0 fully saturated rings. The SMILES string of the molecule is O=C(O)CCc1ccccc1OCCCC(=O)CCc1cccc(NS(=O)(=O)c2ccccc2)c1. The van der Waals surface area contributed by atoms with Crippen LogP contribution in [-0.4, -0.2) is 31.9 Å². The van der Waals surface area contributed by atoms with Crippen molar-refractivity contribution < 1.29 is 27.9 Å². The molecule has 0 aliphatic carbocycles. The molecule has 3 rings (SSSR count). The summed E-state index contributed by atoms with van der Waals surface area (Å²) in [4.78, 5) is 23.3. The number of benzene rings is 3. The number of ether oxygens (including phenoxy) is 1. The number of Topliss-reactive ketones (excluding diaryl/α,β-unsaturated/α-hetero) is 1. The molecule has 35 heavy (non-hydrogen) atoms. The summed E-state index contributed by atoms with van der Waals surface area (Å²) < 4.78 is 33.4. The van der Waals surface area contributed by atoms with E-state index in [1.54, 1.807) is 42.5 Å². The lowest BCUT2D eigenvalue weighted by Crippen LogP contribution is -2.13. The maximum absolute atomic E-state index is 12.5. The maximum Gasteiger partial charge on any atom is 0.303 e. The summed E-state index contributed by atoms with van der Waals surface area (Å²) in [5, 5.41) is 8.88. The minimum Gasteiger partial charge on any atom is -0.493 e. The topological polar surface area (TPSA) is 110 Å². The fraction of sp³-hybridized carbons (Fsp3) is 0.259. The molecule has 0 atom stereocenters. The van der Waals surface area contributed by atoms with E-state index in [1.807, 2.05) is 24.3 Å². The standard InChI is InChI=1S/C27H29NO6S/c29-24(11-7-19-34-26-14-5-4-9-22(26)16-18-27(30)31)17-15-21-8-6-10-23(20-21)28-35(32,33)25-12-2-1-3-13-25/h1-6,8-10,12-14,20,28H,7,11,15-19H2,(H,30,31). The van der Waals surface area contributed by atoms with E-state index in [2.05, 4.69) is 4.72 Å². The highest BCUT2D eigenvalue weighted by Gasteiger charge is 2.14. The van der Waals surface area contributed by atoms with Crippen LogP contribution < -0.4 is 9.46 Å². The second kappa shape index (κ2) is 12.7. The highest BCUT2D eigenvalue weighted by molar-refractivity contribution is 7.92. The summed E-state index contributed by atoms with van der Waals surface area (Å²) in [5.41, 5.74) is 2.16.